The second kappa shape index (κ2) is 5.67. The van der Waals surface area contributed by atoms with E-state index in [4.69, 9.17) is 5.26 Å². The Morgan fingerprint density at radius 2 is 2.39 bits per heavy atom. The van der Waals surface area contributed by atoms with Gasteiger partial charge in [0.2, 0.25) is 5.16 Å². The van der Waals surface area contributed by atoms with Crippen LogP contribution in [0, 0.1) is 11.3 Å². The van der Waals surface area contributed by atoms with Crippen LogP contribution < -0.4 is 5.32 Å². The first-order valence-corrected chi connectivity index (χ1v) is 7.24. The zero-order valence-electron chi connectivity index (χ0n) is 10.8. The summed E-state index contributed by atoms with van der Waals surface area (Å²) in [7, 11) is 0. The van der Waals surface area contributed by atoms with Crippen LogP contribution in [0.3, 0.4) is 0 Å². The molecule has 1 fully saturated rings. The van der Waals surface area contributed by atoms with Crippen molar-refractivity contribution in [2.75, 3.05) is 12.3 Å². The molecule has 1 atom stereocenters. The van der Waals surface area contributed by atoms with E-state index in [-0.39, 0.29) is 0 Å². The molecule has 1 aliphatic rings. The van der Waals surface area contributed by atoms with E-state index in [1.54, 1.807) is 11.8 Å². The molecule has 2 rings (SSSR count). The molecule has 98 valence electrons. The van der Waals surface area contributed by atoms with Crippen LogP contribution in [0.4, 0.5) is 0 Å². The molecule has 0 bridgehead atoms. The van der Waals surface area contributed by atoms with E-state index in [2.05, 4.69) is 26.9 Å². The highest BCUT2D eigenvalue weighted by Gasteiger charge is 2.28. The zero-order valence-corrected chi connectivity index (χ0v) is 11.6. The lowest BCUT2D eigenvalue weighted by atomic mass is 10.0. The molecule has 18 heavy (non-hydrogen) atoms. The van der Waals surface area contributed by atoms with Gasteiger partial charge in [0.25, 0.3) is 0 Å². The third-order valence-electron chi connectivity index (χ3n) is 3.00. The number of rotatable bonds is 7. The summed E-state index contributed by atoms with van der Waals surface area (Å²) < 4.78 is 1.90. The van der Waals surface area contributed by atoms with Crippen LogP contribution in [-0.4, -0.2) is 38.0 Å². The first-order valence-electron chi connectivity index (χ1n) is 6.25. The van der Waals surface area contributed by atoms with Gasteiger partial charge in [-0.15, -0.1) is 5.10 Å². The second-order valence-electron chi connectivity index (χ2n) is 4.71. The number of aromatic nitrogens is 4. The summed E-state index contributed by atoms with van der Waals surface area (Å²) in [5.41, 5.74) is -0.459. The van der Waals surface area contributed by atoms with Crippen molar-refractivity contribution >= 4 is 11.8 Å². The van der Waals surface area contributed by atoms with E-state index in [9.17, 15) is 0 Å². The molecule has 1 aromatic rings. The molecule has 1 unspecified atom stereocenters. The maximum Gasteiger partial charge on any atom is 0.209 e. The Bertz CT molecular complexity index is 435. The highest BCUT2D eigenvalue weighted by Crippen LogP contribution is 2.36. The van der Waals surface area contributed by atoms with E-state index in [1.807, 2.05) is 18.5 Å². The Labute approximate surface area is 111 Å². The van der Waals surface area contributed by atoms with Gasteiger partial charge in [0.1, 0.15) is 5.54 Å². The van der Waals surface area contributed by atoms with Gasteiger partial charge >= 0.3 is 0 Å². The van der Waals surface area contributed by atoms with Crippen LogP contribution in [0.25, 0.3) is 0 Å². The SMILES string of the molecule is CCNC(C)(C#N)CCSc1nnnn1C1CC1. The number of tetrazole rings is 1. The summed E-state index contributed by atoms with van der Waals surface area (Å²) in [6.45, 7) is 4.74. The van der Waals surface area contributed by atoms with Crippen molar-refractivity contribution in [1.82, 2.24) is 25.5 Å². The van der Waals surface area contributed by atoms with E-state index in [1.165, 1.54) is 12.8 Å². The van der Waals surface area contributed by atoms with Gasteiger partial charge in [0.05, 0.1) is 12.1 Å². The highest BCUT2D eigenvalue weighted by molar-refractivity contribution is 7.99. The average molecular weight is 266 g/mol. The van der Waals surface area contributed by atoms with Crippen molar-refractivity contribution in [2.45, 2.75) is 49.8 Å². The highest BCUT2D eigenvalue weighted by atomic mass is 32.2. The standard InChI is InChI=1S/C11H18N6S/c1-3-13-11(2,8-12)6-7-18-10-14-15-16-17(10)9-4-5-9/h9,13H,3-7H2,1-2H3. The third-order valence-corrected chi connectivity index (χ3v) is 3.94. The van der Waals surface area contributed by atoms with Gasteiger partial charge < -0.3 is 0 Å². The number of thioether (sulfide) groups is 1. The van der Waals surface area contributed by atoms with Crippen molar-refractivity contribution < 1.29 is 0 Å². The van der Waals surface area contributed by atoms with E-state index in [0.717, 1.165) is 23.9 Å². The van der Waals surface area contributed by atoms with Crippen LogP contribution in [-0.2, 0) is 0 Å². The van der Waals surface area contributed by atoms with Gasteiger partial charge in [-0.05, 0) is 43.2 Å². The van der Waals surface area contributed by atoms with E-state index in [0.29, 0.717) is 6.04 Å². The minimum atomic E-state index is -0.459. The van der Waals surface area contributed by atoms with Crippen LogP contribution in [0.1, 0.15) is 39.2 Å². The minimum absolute atomic E-state index is 0.459. The van der Waals surface area contributed by atoms with Crippen molar-refractivity contribution in [1.29, 1.82) is 5.26 Å². The number of nitrogens with zero attached hydrogens (tertiary/aromatic N) is 5. The fourth-order valence-corrected chi connectivity index (χ4v) is 2.85. The topological polar surface area (TPSA) is 79.4 Å². The predicted molar refractivity (Wildman–Crippen MR) is 69.1 cm³/mol. The number of nitrogens with one attached hydrogen (secondary N) is 1. The Balaban J connectivity index is 1.84. The summed E-state index contributed by atoms with van der Waals surface area (Å²) in [5.74, 6) is 0.837. The molecule has 0 spiro atoms. The first-order chi connectivity index (χ1) is 8.68. The normalized spacial score (nSPS) is 18.3. The maximum atomic E-state index is 9.16. The molecule has 0 saturated heterocycles. The summed E-state index contributed by atoms with van der Waals surface area (Å²) in [6.07, 6.45) is 3.12. The van der Waals surface area contributed by atoms with Crippen molar-refractivity contribution in [3.05, 3.63) is 0 Å². The first kappa shape index (κ1) is 13.3. The van der Waals surface area contributed by atoms with E-state index >= 15 is 0 Å². The minimum Gasteiger partial charge on any atom is -0.300 e. The Hall–Kier alpha value is -1.13. The molecule has 0 radical (unpaired) electrons. The van der Waals surface area contributed by atoms with Gasteiger partial charge in [-0.25, -0.2) is 4.68 Å². The zero-order chi connectivity index (χ0) is 13.0. The molecule has 1 aromatic heterocycles. The maximum absolute atomic E-state index is 9.16. The molecule has 7 heteroatoms. The average Bonchev–Trinajstić information content (AvgIpc) is 3.10. The Kier molecular flexibility index (Phi) is 4.19. The molecule has 6 nitrogen and oxygen atoms in total. The third kappa shape index (κ3) is 3.21. The smallest absolute Gasteiger partial charge is 0.209 e. The van der Waals surface area contributed by atoms with Crippen LogP contribution >= 0.6 is 11.8 Å². The number of hydrogen-bond donors (Lipinski definition) is 1. The molecular formula is C11H18N6S. The number of hydrogen-bond acceptors (Lipinski definition) is 6. The predicted octanol–water partition coefficient (Wildman–Crippen LogP) is 1.38. The molecule has 1 saturated carbocycles. The van der Waals surface area contributed by atoms with Crippen molar-refractivity contribution in [3.63, 3.8) is 0 Å². The molecule has 0 aliphatic heterocycles. The fraction of sp³-hybridized carbons (Fsp3) is 0.818. The van der Waals surface area contributed by atoms with Gasteiger partial charge in [-0.3, -0.25) is 5.32 Å². The lowest BCUT2D eigenvalue weighted by molar-refractivity contribution is 0.450. The molecule has 1 N–H and O–H groups in total. The summed E-state index contributed by atoms with van der Waals surface area (Å²) >= 11 is 1.63. The van der Waals surface area contributed by atoms with E-state index < -0.39 is 5.54 Å². The molecule has 0 aromatic carbocycles. The van der Waals surface area contributed by atoms with Gasteiger partial charge in [-0.2, -0.15) is 5.26 Å². The summed E-state index contributed by atoms with van der Waals surface area (Å²) in [5, 5.41) is 25.0. The van der Waals surface area contributed by atoms with Gasteiger partial charge in [0, 0.05) is 5.75 Å². The lowest BCUT2D eigenvalue weighted by Gasteiger charge is -2.21. The molecule has 1 heterocycles. The van der Waals surface area contributed by atoms with Crippen molar-refractivity contribution in [3.8, 4) is 6.07 Å². The lowest BCUT2D eigenvalue weighted by Crippen LogP contribution is -2.41. The van der Waals surface area contributed by atoms with Crippen LogP contribution in [0.5, 0.6) is 0 Å². The quantitative estimate of drug-likeness (QED) is 0.751. The molecule has 1 aliphatic carbocycles. The molecular weight excluding hydrogens is 248 g/mol. The Morgan fingerprint density at radius 3 is 3.00 bits per heavy atom. The van der Waals surface area contributed by atoms with Crippen LogP contribution in [0.15, 0.2) is 5.16 Å². The largest absolute Gasteiger partial charge is 0.300 e. The summed E-state index contributed by atoms with van der Waals surface area (Å²) in [4.78, 5) is 0. The van der Waals surface area contributed by atoms with Crippen LogP contribution in [0.2, 0.25) is 0 Å². The van der Waals surface area contributed by atoms with Crippen molar-refractivity contribution in [2.24, 2.45) is 0 Å². The monoisotopic (exact) mass is 266 g/mol. The summed E-state index contributed by atoms with van der Waals surface area (Å²) in [6, 6.07) is 2.82. The van der Waals surface area contributed by atoms with Gasteiger partial charge in [0.15, 0.2) is 0 Å². The number of nitriles is 1. The second-order valence-corrected chi connectivity index (χ2v) is 5.77. The van der Waals surface area contributed by atoms with Gasteiger partial charge in [-0.1, -0.05) is 18.7 Å². The molecule has 0 amide bonds. The Morgan fingerprint density at radius 1 is 1.61 bits per heavy atom. The fourth-order valence-electron chi connectivity index (χ4n) is 1.75.